The lowest BCUT2D eigenvalue weighted by atomic mass is 9.98. The van der Waals surface area contributed by atoms with Crippen molar-refractivity contribution < 1.29 is 20.1 Å². The maximum absolute atomic E-state index is 10.5. The number of carboxylic acids is 1. The number of aliphatic carboxylic acids is 1. The summed E-state index contributed by atoms with van der Waals surface area (Å²) in [6.45, 7) is 1.89. The van der Waals surface area contributed by atoms with E-state index >= 15 is 0 Å². The molecule has 0 saturated heterocycles. The van der Waals surface area contributed by atoms with Gasteiger partial charge < -0.3 is 15.3 Å². The van der Waals surface area contributed by atoms with Crippen molar-refractivity contribution in [2.45, 2.75) is 32.0 Å². The summed E-state index contributed by atoms with van der Waals surface area (Å²) in [4.78, 5) is 14.8. The van der Waals surface area contributed by atoms with Gasteiger partial charge in [0.15, 0.2) is 0 Å². The topological polar surface area (TPSA) is 90.7 Å². The number of hydrogen-bond donors (Lipinski definition) is 3. The van der Waals surface area contributed by atoms with Gasteiger partial charge in [0.1, 0.15) is 0 Å². The molecule has 0 amide bonds. The number of carbonyl (C=O) groups is 1. The number of aliphatic hydroxyl groups excluding tert-OH is 2. The van der Waals surface area contributed by atoms with Gasteiger partial charge in [-0.3, -0.25) is 9.78 Å². The molecule has 0 aliphatic rings. The van der Waals surface area contributed by atoms with E-state index < -0.39 is 18.2 Å². The third-order valence-electron chi connectivity index (χ3n) is 3.68. The van der Waals surface area contributed by atoms with Crippen LogP contribution in [0.2, 0.25) is 0 Å². The summed E-state index contributed by atoms with van der Waals surface area (Å²) in [5, 5.41) is 28.2. The van der Waals surface area contributed by atoms with E-state index in [9.17, 15) is 15.0 Å². The fourth-order valence-electron chi connectivity index (χ4n) is 2.51. The first-order valence-electron chi connectivity index (χ1n) is 7.74. The van der Waals surface area contributed by atoms with Crippen LogP contribution in [0, 0.1) is 6.92 Å². The minimum Gasteiger partial charge on any atom is -0.481 e. The standard InChI is InChI=1S/C19H21NO4/c1-13-17(8-7-15(21)11-16(22)12-19(23)24)18(9-10-20-13)14-5-3-2-4-6-14/h2-10,15-16,21-22H,11-12H2,1H3,(H,23,24)/b8-7+/t15-,16-/m0/s1. The number of aromatic nitrogens is 1. The Morgan fingerprint density at radius 2 is 1.92 bits per heavy atom. The third-order valence-corrected chi connectivity index (χ3v) is 3.68. The zero-order chi connectivity index (χ0) is 17.5. The summed E-state index contributed by atoms with van der Waals surface area (Å²) in [5.41, 5.74) is 3.75. The van der Waals surface area contributed by atoms with Crippen LogP contribution >= 0.6 is 0 Å². The van der Waals surface area contributed by atoms with Crippen molar-refractivity contribution in [2.24, 2.45) is 0 Å². The number of pyridine rings is 1. The minimum absolute atomic E-state index is 0.0250. The van der Waals surface area contributed by atoms with E-state index in [0.29, 0.717) is 0 Å². The van der Waals surface area contributed by atoms with E-state index in [-0.39, 0.29) is 12.8 Å². The Balaban J connectivity index is 2.19. The predicted octanol–water partition coefficient (Wildman–Crippen LogP) is 2.66. The van der Waals surface area contributed by atoms with Gasteiger partial charge in [-0.15, -0.1) is 0 Å². The Labute approximate surface area is 140 Å². The van der Waals surface area contributed by atoms with Crippen LogP contribution in [0.3, 0.4) is 0 Å². The number of rotatable bonds is 7. The highest BCUT2D eigenvalue weighted by molar-refractivity contribution is 5.76. The quantitative estimate of drug-likeness (QED) is 0.727. The summed E-state index contributed by atoms with van der Waals surface area (Å²) in [6.07, 6.45) is 2.65. The smallest absolute Gasteiger partial charge is 0.305 e. The number of aliphatic hydroxyl groups is 2. The van der Waals surface area contributed by atoms with Gasteiger partial charge in [-0.2, -0.15) is 0 Å². The normalized spacial score (nSPS) is 13.8. The van der Waals surface area contributed by atoms with Gasteiger partial charge in [-0.25, -0.2) is 0 Å². The van der Waals surface area contributed by atoms with Gasteiger partial charge in [0.05, 0.1) is 18.6 Å². The first kappa shape index (κ1) is 17.8. The fourth-order valence-corrected chi connectivity index (χ4v) is 2.51. The molecule has 2 rings (SSSR count). The lowest BCUT2D eigenvalue weighted by Gasteiger charge is -2.12. The molecular weight excluding hydrogens is 306 g/mol. The molecule has 0 aliphatic carbocycles. The molecule has 0 spiro atoms. The van der Waals surface area contributed by atoms with Crippen LogP contribution in [0.1, 0.15) is 24.1 Å². The van der Waals surface area contributed by atoms with Gasteiger partial charge >= 0.3 is 5.97 Å². The molecule has 126 valence electrons. The van der Waals surface area contributed by atoms with E-state index in [1.807, 2.05) is 43.3 Å². The predicted molar refractivity (Wildman–Crippen MR) is 92.3 cm³/mol. The molecule has 24 heavy (non-hydrogen) atoms. The molecule has 1 aromatic carbocycles. The first-order valence-corrected chi connectivity index (χ1v) is 7.74. The van der Waals surface area contributed by atoms with Crippen molar-refractivity contribution in [3.8, 4) is 11.1 Å². The summed E-state index contributed by atoms with van der Waals surface area (Å²) < 4.78 is 0. The van der Waals surface area contributed by atoms with Crippen LogP contribution in [-0.4, -0.2) is 38.5 Å². The highest BCUT2D eigenvalue weighted by atomic mass is 16.4. The minimum atomic E-state index is -1.09. The van der Waals surface area contributed by atoms with Gasteiger partial charge in [-0.05, 0) is 24.1 Å². The molecule has 2 atom stereocenters. The summed E-state index contributed by atoms with van der Waals surface area (Å²) >= 11 is 0. The molecule has 5 nitrogen and oxygen atoms in total. The molecule has 0 saturated carbocycles. The molecule has 1 heterocycles. The first-order chi connectivity index (χ1) is 11.5. The van der Waals surface area contributed by atoms with E-state index in [2.05, 4.69) is 4.98 Å². The van der Waals surface area contributed by atoms with E-state index in [1.165, 1.54) is 0 Å². The number of benzene rings is 1. The van der Waals surface area contributed by atoms with Gasteiger partial charge in [-0.1, -0.05) is 42.5 Å². The second kappa shape index (κ2) is 8.38. The second-order valence-electron chi connectivity index (χ2n) is 5.64. The zero-order valence-electron chi connectivity index (χ0n) is 13.5. The fraction of sp³-hybridized carbons (Fsp3) is 0.263. The SMILES string of the molecule is Cc1nccc(-c2ccccc2)c1/C=C/[C@H](O)C[C@H](O)CC(=O)O. The third kappa shape index (κ3) is 5.01. The molecule has 1 aromatic heterocycles. The maximum atomic E-state index is 10.5. The van der Waals surface area contributed by atoms with Gasteiger partial charge in [0.25, 0.3) is 0 Å². The molecule has 0 radical (unpaired) electrons. The van der Waals surface area contributed by atoms with Crippen LogP contribution in [0.15, 0.2) is 48.7 Å². The van der Waals surface area contributed by atoms with E-state index in [4.69, 9.17) is 5.11 Å². The lowest BCUT2D eigenvalue weighted by molar-refractivity contribution is -0.139. The zero-order valence-corrected chi connectivity index (χ0v) is 13.5. The molecule has 0 unspecified atom stereocenters. The van der Waals surface area contributed by atoms with E-state index in [1.54, 1.807) is 18.3 Å². The van der Waals surface area contributed by atoms with Crippen molar-refractivity contribution in [1.29, 1.82) is 0 Å². The Morgan fingerprint density at radius 1 is 1.21 bits per heavy atom. The Kier molecular flexibility index (Phi) is 6.23. The Bertz CT molecular complexity index is 713. The molecule has 0 aliphatic heterocycles. The molecule has 0 bridgehead atoms. The molecular formula is C19H21NO4. The molecule has 5 heteroatoms. The number of carboxylic acid groups (broad SMARTS) is 1. The average molecular weight is 327 g/mol. The Morgan fingerprint density at radius 3 is 2.58 bits per heavy atom. The largest absolute Gasteiger partial charge is 0.481 e. The maximum Gasteiger partial charge on any atom is 0.305 e. The van der Waals surface area contributed by atoms with Gasteiger partial charge in [0.2, 0.25) is 0 Å². The summed E-state index contributed by atoms with van der Waals surface area (Å²) in [6, 6.07) is 11.8. The van der Waals surface area contributed by atoms with E-state index in [0.717, 1.165) is 22.4 Å². The molecule has 3 N–H and O–H groups in total. The van der Waals surface area contributed by atoms with Crippen LogP contribution in [0.4, 0.5) is 0 Å². The van der Waals surface area contributed by atoms with Crippen molar-refractivity contribution in [2.75, 3.05) is 0 Å². The molecule has 0 fully saturated rings. The second-order valence-corrected chi connectivity index (χ2v) is 5.64. The lowest BCUT2D eigenvalue weighted by Crippen LogP contribution is -2.19. The van der Waals surface area contributed by atoms with Crippen molar-refractivity contribution in [3.63, 3.8) is 0 Å². The monoisotopic (exact) mass is 327 g/mol. The van der Waals surface area contributed by atoms with Crippen LogP contribution in [0.25, 0.3) is 17.2 Å². The number of aryl methyl sites for hydroxylation is 1. The number of hydrogen-bond acceptors (Lipinski definition) is 4. The highest BCUT2D eigenvalue weighted by Gasteiger charge is 2.13. The summed E-state index contributed by atoms with van der Waals surface area (Å²) in [7, 11) is 0. The van der Waals surface area contributed by atoms with Crippen molar-refractivity contribution in [3.05, 3.63) is 59.9 Å². The Hall–Kier alpha value is -2.50. The average Bonchev–Trinajstić information content (AvgIpc) is 2.53. The van der Waals surface area contributed by atoms with Crippen molar-refractivity contribution in [1.82, 2.24) is 4.98 Å². The number of nitrogens with zero attached hydrogens (tertiary/aromatic N) is 1. The van der Waals surface area contributed by atoms with Gasteiger partial charge in [0, 0.05) is 23.9 Å². The molecule has 2 aromatic rings. The summed E-state index contributed by atoms with van der Waals surface area (Å²) in [5.74, 6) is -1.09. The van der Waals surface area contributed by atoms with Crippen LogP contribution in [-0.2, 0) is 4.79 Å². The highest BCUT2D eigenvalue weighted by Crippen LogP contribution is 2.26. The van der Waals surface area contributed by atoms with Crippen LogP contribution in [0.5, 0.6) is 0 Å². The van der Waals surface area contributed by atoms with Crippen molar-refractivity contribution >= 4 is 12.0 Å². The van der Waals surface area contributed by atoms with Crippen LogP contribution < -0.4 is 0 Å².